The van der Waals surface area contributed by atoms with E-state index in [1.54, 1.807) is 6.07 Å². The molecule has 7 nitrogen and oxygen atoms in total. The molecule has 3 heterocycles. The molecule has 0 aromatic carbocycles. The maximum absolute atomic E-state index is 12.8. The van der Waals surface area contributed by atoms with Crippen LogP contribution in [-0.4, -0.2) is 44.1 Å². The summed E-state index contributed by atoms with van der Waals surface area (Å²) < 4.78 is 6.09. The first-order chi connectivity index (χ1) is 12.9. The number of likely N-dealkylation sites (tertiary alicyclic amines) is 1. The highest BCUT2D eigenvalue weighted by molar-refractivity contribution is 7.10. The maximum Gasteiger partial charge on any atom is 0.274 e. The minimum absolute atomic E-state index is 0.00134. The summed E-state index contributed by atoms with van der Waals surface area (Å²) in [6.45, 7) is 10.5. The highest BCUT2D eigenvalue weighted by atomic mass is 32.1. The predicted octanol–water partition coefficient (Wildman–Crippen LogP) is 3.14. The van der Waals surface area contributed by atoms with Crippen LogP contribution >= 0.6 is 11.5 Å². The van der Waals surface area contributed by atoms with Crippen molar-refractivity contribution in [2.75, 3.05) is 18.4 Å². The lowest BCUT2D eigenvalue weighted by molar-refractivity contribution is 0.0779. The van der Waals surface area contributed by atoms with Crippen molar-refractivity contribution in [3.05, 3.63) is 29.2 Å². The van der Waals surface area contributed by atoms with Crippen LogP contribution in [0.25, 0.3) is 0 Å². The van der Waals surface area contributed by atoms with Crippen LogP contribution in [0.1, 0.15) is 48.9 Å². The molecule has 144 valence electrons. The van der Waals surface area contributed by atoms with Gasteiger partial charge in [-0.3, -0.25) is 9.48 Å². The van der Waals surface area contributed by atoms with E-state index in [-0.39, 0.29) is 11.9 Å². The van der Waals surface area contributed by atoms with Crippen molar-refractivity contribution in [1.82, 2.24) is 19.1 Å². The second-order valence-electron chi connectivity index (χ2n) is 7.63. The largest absolute Gasteiger partial charge is 0.372 e. The number of nitrogens with zero attached hydrogens (tertiary/aromatic N) is 5. The minimum Gasteiger partial charge on any atom is -0.372 e. The molecule has 0 spiro atoms. The molecule has 2 aromatic rings. The van der Waals surface area contributed by atoms with Crippen LogP contribution in [-0.2, 0) is 6.54 Å². The molecule has 1 aliphatic rings. The number of aryl methyl sites for hydroxylation is 1. The van der Waals surface area contributed by atoms with Crippen LogP contribution in [0.4, 0.5) is 5.00 Å². The molecular formula is C19H26N6OS. The van der Waals surface area contributed by atoms with E-state index in [9.17, 15) is 10.1 Å². The highest BCUT2D eigenvalue weighted by Gasteiger charge is 2.31. The Morgan fingerprint density at radius 2 is 2.26 bits per heavy atom. The highest BCUT2D eigenvalue weighted by Crippen LogP contribution is 2.28. The summed E-state index contributed by atoms with van der Waals surface area (Å²) in [6.07, 6.45) is 2.81. The van der Waals surface area contributed by atoms with Gasteiger partial charge in [-0.1, -0.05) is 13.8 Å². The third kappa shape index (κ3) is 4.30. The van der Waals surface area contributed by atoms with Gasteiger partial charge in [0, 0.05) is 31.9 Å². The standard InChI is InChI=1S/C19H26N6OS/c1-12(2)10-25-8-6-17(22-25)19(26)24-7-5-15(11-24)13(3)21-18-16(9-20)14(4)23-27-18/h6,8,12-13,15,21H,5,7,10-11H2,1-4H3. The van der Waals surface area contributed by atoms with Crippen LogP contribution < -0.4 is 5.32 Å². The Balaban J connectivity index is 1.60. The Hall–Kier alpha value is -2.40. The molecule has 0 aliphatic carbocycles. The van der Waals surface area contributed by atoms with E-state index in [1.807, 2.05) is 22.7 Å². The Morgan fingerprint density at radius 3 is 2.96 bits per heavy atom. The Bertz CT molecular complexity index is 849. The van der Waals surface area contributed by atoms with Gasteiger partial charge in [0.15, 0.2) is 0 Å². The number of aromatic nitrogens is 3. The fourth-order valence-electron chi connectivity index (χ4n) is 3.42. The first-order valence-corrected chi connectivity index (χ1v) is 10.1. The number of amides is 1. The van der Waals surface area contributed by atoms with E-state index in [1.165, 1.54) is 11.5 Å². The van der Waals surface area contributed by atoms with E-state index in [2.05, 4.69) is 41.6 Å². The monoisotopic (exact) mass is 386 g/mol. The maximum atomic E-state index is 12.8. The zero-order chi connectivity index (χ0) is 19.6. The topological polar surface area (TPSA) is 86.8 Å². The lowest BCUT2D eigenvalue weighted by Crippen LogP contribution is -2.33. The molecule has 0 saturated carbocycles. The van der Waals surface area contributed by atoms with Gasteiger partial charge in [0.2, 0.25) is 0 Å². The smallest absolute Gasteiger partial charge is 0.274 e. The SMILES string of the molecule is Cc1nsc(NC(C)C2CCN(C(=O)c3ccn(CC(C)C)n3)C2)c1C#N. The molecule has 1 fully saturated rings. The van der Waals surface area contributed by atoms with Crippen molar-refractivity contribution >= 4 is 22.4 Å². The number of nitrogens with one attached hydrogen (secondary N) is 1. The first kappa shape index (κ1) is 19.4. The molecule has 8 heteroatoms. The molecule has 2 aromatic heterocycles. The summed E-state index contributed by atoms with van der Waals surface area (Å²) in [5.74, 6) is 0.823. The summed E-state index contributed by atoms with van der Waals surface area (Å²) in [7, 11) is 0. The van der Waals surface area contributed by atoms with Crippen LogP contribution in [0.15, 0.2) is 12.3 Å². The quantitative estimate of drug-likeness (QED) is 0.824. The number of carbonyl (C=O) groups excluding carboxylic acids is 1. The summed E-state index contributed by atoms with van der Waals surface area (Å²) in [4.78, 5) is 14.6. The third-order valence-electron chi connectivity index (χ3n) is 4.96. The van der Waals surface area contributed by atoms with Gasteiger partial charge in [0.1, 0.15) is 22.3 Å². The van der Waals surface area contributed by atoms with Gasteiger partial charge >= 0.3 is 0 Å². The zero-order valence-electron chi connectivity index (χ0n) is 16.3. The Kier molecular flexibility index (Phi) is 5.80. The van der Waals surface area contributed by atoms with Crippen molar-refractivity contribution in [2.24, 2.45) is 11.8 Å². The lowest BCUT2D eigenvalue weighted by Gasteiger charge is -2.21. The number of hydrogen-bond acceptors (Lipinski definition) is 6. The minimum atomic E-state index is -0.00134. The van der Waals surface area contributed by atoms with Gasteiger partial charge in [-0.25, -0.2) is 0 Å². The lowest BCUT2D eigenvalue weighted by atomic mass is 10.0. The normalized spacial score (nSPS) is 17.9. The van der Waals surface area contributed by atoms with Gasteiger partial charge in [-0.2, -0.15) is 14.7 Å². The van der Waals surface area contributed by atoms with E-state index >= 15 is 0 Å². The fraction of sp³-hybridized carbons (Fsp3) is 0.579. The molecule has 1 N–H and O–H groups in total. The zero-order valence-corrected chi connectivity index (χ0v) is 17.1. The summed E-state index contributed by atoms with van der Waals surface area (Å²) in [5, 5.41) is 17.9. The van der Waals surface area contributed by atoms with E-state index in [0.717, 1.165) is 30.2 Å². The second kappa shape index (κ2) is 8.09. The molecule has 1 saturated heterocycles. The van der Waals surface area contributed by atoms with E-state index in [4.69, 9.17) is 0 Å². The van der Waals surface area contributed by atoms with Crippen LogP contribution in [0.5, 0.6) is 0 Å². The number of hydrogen-bond donors (Lipinski definition) is 1. The number of rotatable bonds is 6. The number of anilines is 1. The van der Waals surface area contributed by atoms with Crippen molar-refractivity contribution in [3.8, 4) is 6.07 Å². The third-order valence-corrected chi connectivity index (χ3v) is 5.83. The summed E-state index contributed by atoms with van der Waals surface area (Å²) in [5.41, 5.74) is 1.90. The van der Waals surface area contributed by atoms with Crippen molar-refractivity contribution in [1.29, 1.82) is 5.26 Å². The van der Waals surface area contributed by atoms with E-state index < -0.39 is 0 Å². The van der Waals surface area contributed by atoms with Crippen LogP contribution in [0.3, 0.4) is 0 Å². The van der Waals surface area contributed by atoms with Gasteiger partial charge in [0.25, 0.3) is 5.91 Å². The van der Waals surface area contributed by atoms with Crippen LogP contribution in [0, 0.1) is 30.1 Å². The van der Waals surface area contributed by atoms with Crippen molar-refractivity contribution in [3.63, 3.8) is 0 Å². The molecule has 3 rings (SSSR count). The van der Waals surface area contributed by atoms with E-state index in [0.29, 0.717) is 29.6 Å². The van der Waals surface area contributed by atoms with Gasteiger partial charge in [-0.05, 0) is 49.7 Å². The molecule has 2 unspecified atom stereocenters. The summed E-state index contributed by atoms with van der Waals surface area (Å²) in [6, 6.07) is 4.18. The molecular weight excluding hydrogens is 360 g/mol. The predicted molar refractivity (Wildman–Crippen MR) is 106 cm³/mol. The van der Waals surface area contributed by atoms with Crippen LogP contribution in [0.2, 0.25) is 0 Å². The second-order valence-corrected chi connectivity index (χ2v) is 8.41. The Labute approximate surface area is 164 Å². The number of nitriles is 1. The number of carbonyl (C=O) groups is 1. The molecule has 1 amide bonds. The fourth-order valence-corrected chi connectivity index (χ4v) is 4.26. The molecule has 0 bridgehead atoms. The average molecular weight is 387 g/mol. The summed E-state index contributed by atoms with van der Waals surface area (Å²) >= 11 is 1.32. The van der Waals surface area contributed by atoms with Gasteiger partial charge in [-0.15, -0.1) is 0 Å². The van der Waals surface area contributed by atoms with Gasteiger partial charge in [0.05, 0.1) is 5.69 Å². The Morgan fingerprint density at radius 1 is 1.48 bits per heavy atom. The molecule has 0 radical (unpaired) electrons. The molecule has 27 heavy (non-hydrogen) atoms. The van der Waals surface area contributed by atoms with Crippen molar-refractivity contribution < 1.29 is 4.79 Å². The molecule has 2 atom stereocenters. The average Bonchev–Trinajstić information content (AvgIpc) is 3.34. The first-order valence-electron chi connectivity index (χ1n) is 9.34. The molecule has 1 aliphatic heterocycles. The van der Waals surface area contributed by atoms with Crippen molar-refractivity contribution in [2.45, 2.75) is 46.7 Å². The van der Waals surface area contributed by atoms with Gasteiger partial charge < -0.3 is 10.2 Å².